The van der Waals surface area contributed by atoms with Crippen molar-refractivity contribution in [2.75, 3.05) is 26.2 Å². The van der Waals surface area contributed by atoms with Gasteiger partial charge in [0.1, 0.15) is 11.6 Å². The lowest BCUT2D eigenvalue weighted by Crippen LogP contribution is -2.41. The minimum Gasteiger partial charge on any atom is -0.350 e. The molecule has 41 heavy (non-hydrogen) atoms. The second kappa shape index (κ2) is 14.6. The Morgan fingerprint density at radius 2 is 1.73 bits per heavy atom. The molecule has 2 saturated heterocycles. The lowest BCUT2D eigenvalue weighted by Gasteiger charge is -2.34. The van der Waals surface area contributed by atoms with E-state index in [9.17, 15) is 18.4 Å². The van der Waals surface area contributed by atoms with Gasteiger partial charge in [0.2, 0.25) is 12.3 Å². The third-order valence-electron chi connectivity index (χ3n) is 8.96. The highest BCUT2D eigenvalue weighted by atomic mass is 35.5. The molecule has 0 saturated carbocycles. The van der Waals surface area contributed by atoms with Gasteiger partial charge in [-0.05, 0) is 99.7 Å². The van der Waals surface area contributed by atoms with Crippen LogP contribution in [0.15, 0.2) is 30.3 Å². The van der Waals surface area contributed by atoms with Gasteiger partial charge in [0.25, 0.3) is 0 Å². The first kappa shape index (κ1) is 33.0. The molecule has 2 unspecified atom stereocenters. The van der Waals surface area contributed by atoms with E-state index in [4.69, 9.17) is 11.6 Å². The largest absolute Gasteiger partial charge is 0.350 e. The van der Waals surface area contributed by atoms with Crippen molar-refractivity contribution in [1.29, 1.82) is 0 Å². The van der Waals surface area contributed by atoms with E-state index in [1.807, 2.05) is 17.9 Å². The summed E-state index contributed by atoms with van der Waals surface area (Å²) < 4.78 is 26.7. The number of amides is 2. The minimum absolute atomic E-state index is 0.0234. The molecule has 2 amide bonds. The van der Waals surface area contributed by atoms with Crippen molar-refractivity contribution in [3.8, 4) is 0 Å². The maximum atomic E-state index is 13.7. The van der Waals surface area contributed by atoms with Gasteiger partial charge in [-0.2, -0.15) is 0 Å². The molecule has 5 nitrogen and oxygen atoms in total. The summed E-state index contributed by atoms with van der Waals surface area (Å²) in [5.41, 5.74) is 4.25. The van der Waals surface area contributed by atoms with E-state index >= 15 is 0 Å². The first-order valence-electron chi connectivity index (χ1n) is 14.9. The fourth-order valence-corrected chi connectivity index (χ4v) is 6.13. The fourth-order valence-electron chi connectivity index (χ4n) is 5.96. The van der Waals surface area contributed by atoms with Crippen molar-refractivity contribution in [3.63, 3.8) is 0 Å². The van der Waals surface area contributed by atoms with Crippen molar-refractivity contribution >= 4 is 23.9 Å². The zero-order chi connectivity index (χ0) is 30.3. The number of piperidine rings is 1. The average Bonchev–Trinajstić information content (AvgIpc) is 3.44. The smallest absolute Gasteiger partial charge is 0.217 e. The summed E-state index contributed by atoms with van der Waals surface area (Å²) in [6.07, 6.45) is 5.67. The molecule has 0 spiro atoms. The lowest BCUT2D eigenvalue weighted by atomic mass is 9.83. The van der Waals surface area contributed by atoms with Crippen LogP contribution in [0.1, 0.15) is 107 Å². The van der Waals surface area contributed by atoms with Gasteiger partial charge in [-0.25, -0.2) is 8.78 Å². The van der Waals surface area contributed by atoms with Crippen LogP contribution in [0.5, 0.6) is 0 Å². The van der Waals surface area contributed by atoms with Gasteiger partial charge in [0, 0.05) is 49.1 Å². The Balaban J connectivity index is 0.000000232. The summed E-state index contributed by atoms with van der Waals surface area (Å²) in [5.74, 6) is -0.345. The van der Waals surface area contributed by atoms with Gasteiger partial charge >= 0.3 is 0 Å². The van der Waals surface area contributed by atoms with E-state index < -0.39 is 11.6 Å². The molecule has 2 aliphatic heterocycles. The molecule has 8 heteroatoms. The third-order valence-corrected chi connectivity index (χ3v) is 9.36. The highest BCUT2D eigenvalue weighted by molar-refractivity contribution is 6.31. The Morgan fingerprint density at radius 1 is 1.07 bits per heavy atom. The van der Waals surface area contributed by atoms with Crippen LogP contribution in [0.3, 0.4) is 0 Å². The van der Waals surface area contributed by atoms with Gasteiger partial charge in [-0.15, -0.1) is 0 Å². The fraction of sp³-hybridized carbons (Fsp3) is 0.576. The molecular formula is C33H46ClF2N3O2. The van der Waals surface area contributed by atoms with Crippen LogP contribution in [-0.2, 0) is 9.59 Å². The number of hydrogen-bond acceptors (Lipinski definition) is 3. The number of benzene rings is 2. The number of hydrogen-bond donors (Lipinski definition) is 1. The molecule has 0 radical (unpaired) electrons. The number of aryl methyl sites for hydroxylation is 1. The van der Waals surface area contributed by atoms with Gasteiger partial charge in [-0.3, -0.25) is 14.5 Å². The molecule has 2 aliphatic rings. The first-order chi connectivity index (χ1) is 19.4. The van der Waals surface area contributed by atoms with E-state index in [1.165, 1.54) is 11.6 Å². The SMILES string of the molecule is CCC(C)(C)N1CCC(c2ccc(F)cc2F)C1.CCC(NC(C)=O)c1cc(Cl)c(C)cc1C1CCN(C=O)CC1. The summed E-state index contributed by atoms with van der Waals surface area (Å²) in [5, 5.41) is 3.76. The molecule has 4 rings (SSSR count). The summed E-state index contributed by atoms with van der Waals surface area (Å²) in [4.78, 5) is 26.7. The molecule has 2 aromatic carbocycles. The molecule has 2 aromatic rings. The summed E-state index contributed by atoms with van der Waals surface area (Å²) >= 11 is 6.34. The maximum absolute atomic E-state index is 13.7. The van der Waals surface area contributed by atoms with E-state index in [2.05, 4.69) is 44.0 Å². The van der Waals surface area contributed by atoms with Crippen LogP contribution >= 0.6 is 11.6 Å². The average molecular weight is 590 g/mol. The molecule has 2 heterocycles. The van der Waals surface area contributed by atoms with Gasteiger partial charge in [0.05, 0.1) is 6.04 Å². The molecule has 2 atom stereocenters. The molecular weight excluding hydrogens is 544 g/mol. The molecule has 226 valence electrons. The second-order valence-electron chi connectivity index (χ2n) is 12.1. The Hall–Kier alpha value is -2.51. The Morgan fingerprint density at radius 3 is 2.29 bits per heavy atom. The highest BCUT2D eigenvalue weighted by Gasteiger charge is 2.33. The normalized spacial score (nSPS) is 19.0. The van der Waals surface area contributed by atoms with E-state index in [-0.39, 0.29) is 23.4 Å². The Labute approximate surface area is 249 Å². The van der Waals surface area contributed by atoms with Crippen LogP contribution in [0.25, 0.3) is 0 Å². The van der Waals surface area contributed by atoms with Crippen molar-refractivity contribution in [2.24, 2.45) is 0 Å². The number of carbonyl (C=O) groups excluding carboxylic acids is 2. The summed E-state index contributed by atoms with van der Waals surface area (Å²) in [7, 11) is 0. The summed E-state index contributed by atoms with van der Waals surface area (Å²) in [6, 6.07) is 8.07. The predicted octanol–water partition coefficient (Wildman–Crippen LogP) is 7.51. The van der Waals surface area contributed by atoms with Crippen LogP contribution in [-0.4, -0.2) is 53.8 Å². The van der Waals surface area contributed by atoms with Crippen LogP contribution in [0.2, 0.25) is 5.02 Å². The standard InChI is InChI=1S/C18H25ClN2O2.C15H21F2N/c1-4-18(20-13(3)23)16-10-17(19)12(2)9-15(16)14-5-7-21(11-22)8-6-14;1-4-15(2,3)18-8-7-11(10-18)13-6-5-12(16)9-14(13)17/h9-11,14,18H,4-8H2,1-3H3,(H,20,23);5-6,9,11H,4,7-8,10H2,1-3H3. The predicted molar refractivity (Wildman–Crippen MR) is 162 cm³/mol. The number of halogens is 3. The molecule has 0 aliphatic carbocycles. The second-order valence-corrected chi connectivity index (χ2v) is 12.5. The zero-order valence-electron chi connectivity index (χ0n) is 25.4. The van der Waals surface area contributed by atoms with Crippen molar-refractivity contribution in [2.45, 2.75) is 97.1 Å². The Kier molecular flexibility index (Phi) is 11.7. The number of nitrogens with one attached hydrogen (secondary N) is 1. The van der Waals surface area contributed by atoms with Crippen LogP contribution in [0.4, 0.5) is 8.78 Å². The highest BCUT2D eigenvalue weighted by Crippen LogP contribution is 2.37. The van der Waals surface area contributed by atoms with Crippen molar-refractivity contribution < 1.29 is 18.4 Å². The van der Waals surface area contributed by atoms with Crippen LogP contribution < -0.4 is 5.32 Å². The first-order valence-corrected chi connectivity index (χ1v) is 15.2. The Bertz CT molecular complexity index is 1200. The topological polar surface area (TPSA) is 52.7 Å². The van der Waals surface area contributed by atoms with Crippen molar-refractivity contribution in [3.05, 3.63) is 69.2 Å². The molecule has 0 bridgehead atoms. The number of nitrogens with zero attached hydrogens (tertiary/aromatic N) is 2. The van der Waals surface area contributed by atoms with Gasteiger partial charge < -0.3 is 10.2 Å². The molecule has 2 fully saturated rings. The molecule has 0 aromatic heterocycles. The van der Waals surface area contributed by atoms with E-state index in [0.29, 0.717) is 11.5 Å². The summed E-state index contributed by atoms with van der Waals surface area (Å²) in [6.45, 7) is 15.6. The maximum Gasteiger partial charge on any atom is 0.217 e. The van der Waals surface area contributed by atoms with Gasteiger partial charge in [-0.1, -0.05) is 37.6 Å². The monoisotopic (exact) mass is 589 g/mol. The van der Waals surface area contributed by atoms with E-state index in [0.717, 1.165) is 86.9 Å². The quantitative estimate of drug-likeness (QED) is 0.324. The third kappa shape index (κ3) is 8.51. The van der Waals surface area contributed by atoms with Gasteiger partial charge in [0.15, 0.2) is 0 Å². The minimum atomic E-state index is -0.500. The number of carbonyl (C=O) groups is 2. The lowest BCUT2D eigenvalue weighted by molar-refractivity contribution is -0.120. The molecule has 1 N–H and O–H groups in total. The number of rotatable bonds is 8. The van der Waals surface area contributed by atoms with Crippen molar-refractivity contribution in [1.82, 2.24) is 15.1 Å². The van der Waals surface area contributed by atoms with E-state index in [1.54, 1.807) is 13.0 Å². The van der Waals surface area contributed by atoms with Crippen LogP contribution in [0, 0.1) is 18.6 Å². The number of likely N-dealkylation sites (tertiary alicyclic amines) is 2. The zero-order valence-corrected chi connectivity index (χ0v) is 26.2.